The van der Waals surface area contributed by atoms with Gasteiger partial charge in [-0.2, -0.15) is 0 Å². The predicted octanol–water partition coefficient (Wildman–Crippen LogP) is 3.37. The lowest BCUT2D eigenvalue weighted by Crippen LogP contribution is -2.45. The van der Waals surface area contributed by atoms with Gasteiger partial charge in [0.2, 0.25) is 0 Å². The van der Waals surface area contributed by atoms with Crippen molar-refractivity contribution >= 4 is 17.6 Å². The number of halogens is 1. The number of aliphatic carboxylic acids is 1. The van der Waals surface area contributed by atoms with Crippen molar-refractivity contribution in [2.24, 2.45) is 0 Å². The van der Waals surface area contributed by atoms with E-state index in [9.17, 15) is 4.79 Å². The van der Waals surface area contributed by atoms with Crippen LogP contribution in [-0.4, -0.2) is 29.1 Å². The van der Waals surface area contributed by atoms with Crippen molar-refractivity contribution in [1.82, 2.24) is 4.90 Å². The highest BCUT2D eigenvalue weighted by Crippen LogP contribution is 2.33. The van der Waals surface area contributed by atoms with E-state index in [2.05, 4.69) is 4.90 Å². The Hall–Kier alpha value is -1.06. The molecule has 100 valence electrons. The summed E-state index contributed by atoms with van der Waals surface area (Å²) in [5.41, 5.74) is 0.418. The Labute approximate surface area is 113 Å². The Morgan fingerprint density at radius 3 is 2.44 bits per heavy atom. The Morgan fingerprint density at radius 2 is 2.00 bits per heavy atom. The van der Waals surface area contributed by atoms with Crippen LogP contribution in [0.1, 0.15) is 32.8 Å². The number of nitrogens with zero attached hydrogens (tertiary/aromatic N) is 1. The van der Waals surface area contributed by atoms with E-state index in [4.69, 9.17) is 16.7 Å². The van der Waals surface area contributed by atoms with Gasteiger partial charge >= 0.3 is 5.97 Å². The molecule has 1 aromatic rings. The molecule has 1 N–H and O–H groups in total. The molecule has 0 saturated carbocycles. The summed E-state index contributed by atoms with van der Waals surface area (Å²) in [4.78, 5) is 13.3. The lowest BCUT2D eigenvalue weighted by atomic mass is 9.86. The zero-order valence-corrected chi connectivity index (χ0v) is 11.9. The monoisotopic (exact) mass is 269 g/mol. The molecule has 1 aromatic carbocycles. The lowest BCUT2D eigenvalue weighted by molar-refractivity contribution is -0.140. The summed E-state index contributed by atoms with van der Waals surface area (Å²) in [5, 5.41) is 9.80. The minimum absolute atomic E-state index is 0.0645. The number of carbonyl (C=O) groups is 1. The molecule has 0 spiro atoms. The van der Waals surface area contributed by atoms with Crippen molar-refractivity contribution in [2.45, 2.75) is 32.7 Å². The van der Waals surface area contributed by atoms with E-state index < -0.39 is 11.5 Å². The van der Waals surface area contributed by atoms with Gasteiger partial charge in [-0.1, -0.05) is 37.6 Å². The molecule has 0 aliphatic carbocycles. The minimum atomic E-state index is -0.802. The molecule has 0 fully saturated rings. The van der Waals surface area contributed by atoms with Gasteiger partial charge in [-0.3, -0.25) is 9.69 Å². The summed E-state index contributed by atoms with van der Waals surface area (Å²) in [6.45, 7) is 7.63. The normalized spacial score (nSPS) is 14.5. The summed E-state index contributed by atoms with van der Waals surface area (Å²) >= 11 is 6.01. The Kier molecular flexibility index (Phi) is 5.17. The number of rotatable bonds is 6. The first-order valence-corrected chi connectivity index (χ1v) is 6.54. The van der Waals surface area contributed by atoms with Crippen molar-refractivity contribution in [3.8, 4) is 0 Å². The van der Waals surface area contributed by atoms with Gasteiger partial charge in [0.05, 0.1) is 12.0 Å². The van der Waals surface area contributed by atoms with E-state index >= 15 is 0 Å². The van der Waals surface area contributed by atoms with Crippen molar-refractivity contribution in [2.75, 3.05) is 13.1 Å². The zero-order chi connectivity index (χ0) is 13.8. The van der Waals surface area contributed by atoms with Crippen LogP contribution >= 0.6 is 11.6 Å². The highest BCUT2D eigenvalue weighted by Gasteiger charge is 2.34. The van der Waals surface area contributed by atoms with Crippen molar-refractivity contribution in [3.63, 3.8) is 0 Å². The van der Waals surface area contributed by atoms with Gasteiger partial charge in [-0.15, -0.1) is 0 Å². The van der Waals surface area contributed by atoms with E-state index in [-0.39, 0.29) is 6.42 Å². The van der Waals surface area contributed by atoms with E-state index in [1.807, 2.05) is 39.0 Å². The number of hydrogen-bond acceptors (Lipinski definition) is 2. The fourth-order valence-corrected chi connectivity index (χ4v) is 2.63. The SMILES string of the molecule is CCN(CC)C(C)(CC(=O)O)c1cccc(Cl)c1. The molecule has 0 bridgehead atoms. The molecule has 0 aliphatic heterocycles. The Morgan fingerprint density at radius 1 is 1.39 bits per heavy atom. The number of hydrogen-bond donors (Lipinski definition) is 1. The molecule has 0 amide bonds. The number of carboxylic acid groups (broad SMARTS) is 1. The van der Waals surface area contributed by atoms with Crippen LogP contribution in [0.2, 0.25) is 5.02 Å². The maximum absolute atomic E-state index is 11.1. The first-order valence-electron chi connectivity index (χ1n) is 6.17. The maximum atomic E-state index is 11.1. The summed E-state index contributed by atoms with van der Waals surface area (Å²) in [7, 11) is 0. The molecule has 0 aromatic heterocycles. The minimum Gasteiger partial charge on any atom is -0.481 e. The quantitative estimate of drug-likeness (QED) is 0.861. The molecular formula is C14H20ClNO2. The van der Waals surface area contributed by atoms with Crippen LogP contribution in [0.3, 0.4) is 0 Å². The zero-order valence-electron chi connectivity index (χ0n) is 11.1. The van der Waals surface area contributed by atoms with Crippen molar-refractivity contribution in [1.29, 1.82) is 0 Å². The first kappa shape index (κ1) is 15.0. The highest BCUT2D eigenvalue weighted by atomic mass is 35.5. The topological polar surface area (TPSA) is 40.5 Å². The van der Waals surface area contributed by atoms with Gasteiger partial charge in [0.15, 0.2) is 0 Å². The smallest absolute Gasteiger partial charge is 0.305 e. The second kappa shape index (κ2) is 6.21. The average Bonchev–Trinajstić information content (AvgIpc) is 2.29. The summed E-state index contributed by atoms with van der Waals surface area (Å²) < 4.78 is 0. The molecule has 0 heterocycles. The van der Waals surface area contributed by atoms with E-state index in [1.54, 1.807) is 6.07 Å². The molecule has 3 nitrogen and oxygen atoms in total. The van der Waals surface area contributed by atoms with Gasteiger partial charge < -0.3 is 5.11 Å². The van der Waals surface area contributed by atoms with Gasteiger partial charge in [0.1, 0.15) is 0 Å². The molecule has 0 saturated heterocycles. The third-order valence-corrected chi connectivity index (χ3v) is 3.64. The van der Waals surface area contributed by atoms with Crippen LogP contribution in [0.4, 0.5) is 0 Å². The van der Waals surface area contributed by atoms with Gasteiger partial charge in [-0.05, 0) is 37.7 Å². The Balaban J connectivity index is 3.22. The largest absolute Gasteiger partial charge is 0.481 e. The van der Waals surface area contributed by atoms with E-state index in [0.29, 0.717) is 5.02 Å². The number of benzene rings is 1. The third kappa shape index (κ3) is 3.24. The second-order valence-electron chi connectivity index (χ2n) is 4.53. The van der Waals surface area contributed by atoms with Gasteiger partial charge in [-0.25, -0.2) is 0 Å². The molecule has 0 aliphatic rings. The molecule has 18 heavy (non-hydrogen) atoms. The van der Waals surface area contributed by atoms with Crippen LogP contribution < -0.4 is 0 Å². The third-order valence-electron chi connectivity index (χ3n) is 3.40. The maximum Gasteiger partial charge on any atom is 0.305 e. The van der Waals surface area contributed by atoms with Crippen LogP contribution in [-0.2, 0) is 10.3 Å². The lowest BCUT2D eigenvalue weighted by Gasteiger charge is -2.40. The van der Waals surface area contributed by atoms with Crippen molar-refractivity contribution in [3.05, 3.63) is 34.9 Å². The predicted molar refractivity (Wildman–Crippen MR) is 74.0 cm³/mol. The van der Waals surface area contributed by atoms with Crippen molar-refractivity contribution < 1.29 is 9.90 Å². The highest BCUT2D eigenvalue weighted by molar-refractivity contribution is 6.30. The van der Waals surface area contributed by atoms with Crippen LogP contribution in [0.5, 0.6) is 0 Å². The van der Waals surface area contributed by atoms with E-state index in [0.717, 1.165) is 18.7 Å². The average molecular weight is 270 g/mol. The van der Waals surface area contributed by atoms with Crippen LogP contribution in [0.15, 0.2) is 24.3 Å². The molecular weight excluding hydrogens is 250 g/mol. The van der Waals surface area contributed by atoms with E-state index in [1.165, 1.54) is 0 Å². The molecule has 4 heteroatoms. The second-order valence-corrected chi connectivity index (χ2v) is 4.96. The molecule has 1 atom stereocenters. The van der Waals surface area contributed by atoms with Gasteiger partial charge in [0.25, 0.3) is 0 Å². The fraction of sp³-hybridized carbons (Fsp3) is 0.500. The van der Waals surface area contributed by atoms with Crippen LogP contribution in [0.25, 0.3) is 0 Å². The summed E-state index contributed by atoms with van der Waals surface area (Å²) in [6, 6.07) is 7.45. The Bertz CT molecular complexity index is 418. The first-order chi connectivity index (χ1) is 8.43. The molecule has 0 radical (unpaired) electrons. The van der Waals surface area contributed by atoms with Crippen LogP contribution in [0, 0.1) is 0 Å². The summed E-state index contributed by atoms with van der Waals surface area (Å²) in [6.07, 6.45) is 0.0645. The number of carboxylic acids is 1. The summed E-state index contributed by atoms with van der Waals surface area (Å²) in [5.74, 6) is -0.802. The fourth-order valence-electron chi connectivity index (χ4n) is 2.44. The molecule has 1 rings (SSSR count). The standard InChI is InChI=1S/C14H20ClNO2/c1-4-16(5-2)14(3,10-13(17)18)11-7-6-8-12(15)9-11/h6-9H,4-5,10H2,1-3H3,(H,17,18). The van der Waals surface area contributed by atoms with Gasteiger partial charge in [0, 0.05) is 5.02 Å². The molecule has 1 unspecified atom stereocenters.